The number of para-hydroxylation sites is 1. The fourth-order valence-electron chi connectivity index (χ4n) is 2.37. The van der Waals surface area contributed by atoms with Crippen LogP contribution in [0.4, 0.5) is 5.69 Å². The summed E-state index contributed by atoms with van der Waals surface area (Å²) in [7, 11) is 0. The van der Waals surface area contributed by atoms with Crippen LogP contribution >= 0.6 is 0 Å². The summed E-state index contributed by atoms with van der Waals surface area (Å²) in [4.78, 5) is 22.8. The van der Waals surface area contributed by atoms with Crippen LogP contribution in [0.15, 0.2) is 48.7 Å². The summed E-state index contributed by atoms with van der Waals surface area (Å²) < 4.78 is 1.22. The molecule has 120 valence electrons. The van der Waals surface area contributed by atoms with E-state index in [2.05, 4.69) is 10.3 Å². The summed E-state index contributed by atoms with van der Waals surface area (Å²) in [6, 6.07) is 11.2. The quantitative estimate of drug-likeness (QED) is 0.624. The minimum Gasteiger partial charge on any atom is -0.478 e. The molecule has 0 saturated heterocycles. The Hall–Kier alpha value is -3.68. The van der Waals surface area contributed by atoms with Gasteiger partial charge in [0.25, 0.3) is 0 Å². The van der Waals surface area contributed by atoms with Crippen LogP contribution in [-0.4, -0.2) is 37.1 Å². The SMILES string of the molecule is Nc1ccccc1-c1cn(-c2cccc(C(=O)O)c2C(=O)O)nn1. The molecule has 8 heteroatoms. The van der Waals surface area contributed by atoms with Gasteiger partial charge in [0.15, 0.2) is 0 Å². The topological polar surface area (TPSA) is 131 Å². The van der Waals surface area contributed by atoms with E-state index in [0.29, 0.717) is 16.9 Å². The Morgan fingerprint density at radius 2 is 1.75 bits per heavy atom. The summed E-state index contributed by atoms with van der Waals surface area (Å²) in [5, 5.41) is 26.5. The summed E-state index contributed by atoms with van der Waals surface area (Å²) >= 11 is 0. The Morgan fingerprint density at radius 3 is 2.42 bits per heavy atom. The molecule has 3 aromatic rings. The van der Waals surface area contributed by atoms with Gasteiger partial charge in [-0.3, -0.25) is 0 Å². The van der Waals surface area contributed by atoms with Crippen molar-refractivity contribution in [3.63, 3.8) is 0 Å². The van der Waals surface area contributed by atoms with E-state index < -0.39 is 11.9 Å². The molecule has 2 aromatic carbocycles. The smallest absolute Gasteiger partial charge is 0.338 e. The number of anilines is 1. The second-order valence-electron chi connectivity index (χ2n) is 4.95. The Morgan fingerprint density at radius 1 is 1.00 bits per heavy atom. The van der Waals surface area contributed by atoms with Crippen molar-refractivity contribution in [2.24, 2.45) is 0 Å². The van der Waals surface area contributed by atoms with Crippen LogP contribution in [0.5, 0.6) is 0 Å². The molecule has 0 aliphatic carbocycles. The van der Waals surface area contributed by atoms with Crippen molar-refractivity contribution in [1.29, 1.82) is 0 Å². The van der Waals surface area contributed by atoms with Gasteiger partial charge in [-0.15, -0.1) is 5.10 Å². The van der Waals surface area contributed by atoms with Crippen molar-refractivity contribution in [2.75, 3.05) is 5.73 Å². The van der Waals surface area contributed by atoms with Gasteiger partial charge in [0.2, 0.25) is 0 Å². The molecule has 0 unspecified atom stereocenters. The van der Waals surface area contributed by atoms with E-state index in [1.807, 2.05) is 0 Å². The molecular weight excluding hydrogens is 312 g/mol. The molecule has 0 bridgehead atoms. The van der Waals surface area contributed by atoms with Gasteiger partial charge in [-0.25, -0.2) is 14.3 Å². The zero-order valence-electron chi connectivity index (χ0n) is 12.2. The van der Waals surface area contributed by atoms with E-state index in [4.69, 9.17) is 5.73 Å². The van der Waals surface area contributed by atoms with Crippen molar-refractivity contribution >= 4 is 17.6 Å². The third-order valence-electron chi connectivity index (χ3n) is 3.46. The van der Waals surface area contributed by atoms with Gasteiger partial charge < -0.3 is 15.9 Å². The molecule has 1 heterocycles. The molecule has 24 heavy (non-hydrogen) atoms. The van der Waals surface area contributed by atoms with Gasteiger partial charge in [-0.05, 0) is 18.2 Å². The fourth-order valence-corrected chi connectivity index (χ4v) is 2.37. The standard InChI is InChI=1S/C16H12N4O4/c17-11-6-2-1-4-9(11)12-8-20(19-18-12)13-7-3-5-10(15(21)22)14(13)16(23)24/h1-8H,17H2,(H,21,22)(H,23,24). The highest BCUT2D eigenvalue weighted by atomic mass is 16.4. The van der Waals surface area contributed by atoms with E-state index >= 15 is 0 Å². The molecule has 1 aromatic heterocycles. The lowest BCUT2D eigenvalue weighted by Gasteiger charge is -2.08. The molecule has 0 aliphatic rings. The van der Waals surface area contributed by atoms with Crippen molar-refractivity contribution in [2.45, 2.75) is 0 Å². The molecular formula is C16H12N4O4. The van der Waals surface area contributed by atoms with Gasteiger partial charge in [0.1, 0.15) is 5.69 Å². The summed E-state index contributed by atoms with van der Waals surface area (Å²) in [6.45, 7) is 0. The number of benzene rings is 2. The van der Waals surface area contributed by atoms with E-state index in [9.17, 15) is 19.8 Å². The number of carboxylic acids is 2. The molecule has 4 N–H and O–H groups in total. The number of carbonyl (C=O) groups is 2. The molecule has 3 rings (SSSR count). The van der Waals surface area contributed by atoms with E-state index in [1.54, 1.807) is 24.3 Å². The zero-order chi connectivity index (χ0) is 17.3. The molecule has 0 spiro atoms. The minimum atomic E-state index is -1.36. The average molecular weight is 324 g/mol. The normalized spacial score (nSPS) is 10.5. The molecule has 0 amide bonds. The largest absolute Gasteiger partial charge is 0.478 e. The average Bonchev–Trinajstić information content (AvgIpc) is 3.04. The fraction of sp³-hybridized carbons (Fsp3) is 0. The molecule has 0 saturated carbocycles. The molecule has 0 radical (unpaired) electrons. The van der Waals surface area contributed by atoms with Gasteiger partial charge in [0, 0.05) is 11.3 Å². The third kappa shape index (κ3) is 2.56. The number of hydrogen-bond acceptors (Lipinski definition) is 5. The highest BCUT2D eigenvalue weighted by Gasteiger charge is 2.22. The Balaban J connectivity index is 2.15. The third-order valence-corrected chi connectivity index (χ3v) is 3.46. The number of nitrogens with zero attached hydrogens (tertiary/aromatic N) is 3. The maximum Gasteiger partial charge on any atom is 0.338 e. The number of nitrogen functional groups attached to an aromatic ring is 1. The van der Waals surface area contributed by atoms with Crippen LogP contribution < -0.4 is 5.73 Å². The maximum absolute atomic E-state index is 11.5. The summed E-state index contributed by atoms with van der Waals surface area (Å²) in [6.07, 6.45) is 1.50. The molecule has 8 nitrogen and oxygen atoms in total. The maximum atomic E-state index is 11.5. The number of aromatic nitrogens is 3. The van der Waals surface area contributed by atoms with E-state index in [0.717, 1.165) is 0 Å². The number of carboxylic acid groups (broad SMARTS) is 2. The Labute approximate surface area is 135 Å². The number of aromatic carboxylic acids is 2. The first-order valence-electron chi connectivity index (χ1n) is 6.86. The number of rotatable bonds is 4. The number of nitrogens with two attached hydrogens (primary N) is 1. The first-order valence-corrected chi connectivity index (χ1v) is 6.86. The monoisotopic (exact) mass is 324 g/mol. The van der Waals surface area contributed by atoms with Gasteiger partial charge in [0.05, 0.1) is 23.0 Å². The lowest BCUT2D eigenvalue weighted by Crippen LogP contribution is -2.13. The molecule has 0 atom stereocenters. The van der Waals surface area contributed by atoms with E-state index in [1.165, 1.54) is 29.1 Å². The highest BCUT2D eigenvalue weighted by molar-refractivity contribution is 6.04. The molecule has 0 aliphatic heterocycles. The van der Waals surface area contributed by atoms with Gasteiger partial charge in [-0.2, -0.15) is 0 Å². The van der Waals surface area contributed by atoms with Crippen molar-refractivity contribution in [1.82, 2.24) is 15.0 Å². The van der Waals surface area contributed by atoms with Crippen LogP contribution in [-0.2, 0) is 0 Å². The second kappa shape index (κ2) is 5.84. The summed E-state index contributed by atoms with van der Waals surface area (Å²) in [5.74, 6) is -2.69. The summed E-state index contributed by atoms with van der Waals surface area (Å²) in [5.41, 5.74) is 6.92. The van der Waals surface area contributed by atoms with Crippen molar-refractivity contribution < 1.29 is 19.8 Å². The van der Waals surface area contributed by atoms with Gasteiger partial charge in [-0.1, -0.05) is 29.5 Å². The van der Waals surface area contributed by atoms with Crippen molar-refractivity contribution in [3.05, 3.63) is 59.8 Å². The van der Waals surface area contributed by atoms with Crippen LogP contribution in [0.2, 0.25) is 0 Å². The van der Waals surface area contributed by atoms with Crippen LogP contribution in [0.1, 0.15) is 20.7 Å². The zero-order valence-corrected chi connectivity index (χ0v) is 12.2. The predicted molar refractivity (Wildman–Crippen MR) is 85.1 cm³/mol. The molecule has 0 fully saturated rings. The van der Waals surface area contributed by atoms with E-state index in [-0.39, 0.29) is 16.8 Å². The lowest BCUT2D eigenvalue weighted by atomic mass is 10.1. The Bertz CT molecular complexity index is 949. The first-order chi connectivity index (χ1) is 11.5. The van der Waals surface area contributed by atoms with Crippen LogP contribution in [0.3, 0.4) is 0 Å². The first kappa shape index (κ1) is 15.2. The Kier molecular flexibility index (Phi) is 3.70. The van der Waals surface area contributed by atoms with Crippen LogP contribution in [0, 0.1) is 0 Å². The number of hydrogen-bond donors (Lipinski definition) is 3. The van der Waals surface area contributed by atoms with Crippen molar-refractivity contribution in [3.8, 4) is 16.9 Å². The van der Waals surface area contributed by atoms with Gasteiger partial charge >= 0.3 is 11.9 Å². The lowest BCUT2D eigenvalue weighted by molar-refractivity contribution is 0.0651. The minimum absolute atomic E-state index is 0.107. The van der Waals surface area contributed by atoms with Crippen LogP contribution in [0.25, 0.3) is 16.9 Å². The highest BCUT2D eigenvalue weighted by Crippen LogP contribution is 2.25. The predicted octanol–water partition coefficient (Wildman–Crippen LogP) is 1.91. The second-order valence-corrected chi connectivity index (χ2v) is 4.95.